The van der Waals surface area contributed by atoms with E-state index in [0.717, 1.165) is 40.2 Å². The molecule has 3 atom stereocenters. The van der Waals surface area contributed by atoms with Gasteiger partial charge in [0.05, 0.1) is 39.3 Å². The van der Waals surface area contributed by atoms with E-state index in [4.69, 9.17) is 11.6 Å². The fourth-order valence-corrected chi connectivity index (χ4v) is 9.01. The van der Waals surface area contributed by atoms with Gasteiger partial charge in [-0.1, -0.05) is 11.6 Å². The molecule has 312 valence electrons. The third-order valence-corrected chi connectivity index (χ3v) is 11.4. The summed E-state index contributed by atoms with van der Waals surface area (Å²) in [7, 11) is -4.21. The van der Waals surface area contributed by atoms with Crippen LogP contribution in [-0.2, 0) is 46.4 Å². The number of amides is 1. The van der Waals surface area contributed by atoms with Crippen LogP contribution in [0.4, 0.5) is 49.7 Å². The van der Waals surface area contributed by atoms with Crippen molar-refractivity contribution in [1.82, 2.24) is 34.4 Å². The smallest absolute Gasteiger partial charge is 0.344 e. The van der Waals surface area contributed by atoms with E-state index in [-0.39, 0.29) is 31.9 Å². The van der Waals surface area contributed by atoms with E-state index in [9.17, 15) is 53.1 Å². The number of aromatic nitrogens is 6. The number of sulfonamides is 1. The first-order valence-electron chi connectivity index (χ1n) is 17.0. The number of nitrogens with one attached hydrogen (secondary N) is 2. The van der Waals surface area contributed by atoms with Crippen LogP contribution in [0.2, 0.25) is 5.02 Å². The Morgan fingerprint density at radius 3 is 2.39 bits per heavy atom. The number of halogens is 11. The average molecular weight is 897 g/mol. The van der Waals surface area contributed by atoms with Crippen LogP contribution in [0.25, 0.3) is 26.8 Å². The van der Waals surface area contributed by atoms with Gasteiger partial charge in [-0.3, -0.25) is 28.2 Å². The predicted octanol–water partition coefficient (Wildman–Crippen LogP) is 7.19. The van der Waals surface area contributed by atoms with E-state index < -0.39 is 134 Å². The first-order valence-corrected chi connectivity index (χ1v) is 20.1. The van der Waals surface area contributed by atoms with E-state index in [1.807, 2.05) is 4.72 Å². The van der Waals surface area contributed by atoms with Gasteiger partial charge in [0.25, 0.3) is 11.5 Å². The lowest BCUT2D eigenvalue weighted by molar-refractivity contribution is -0.142. The van der Waals surface area contributed by atoms with Crippen LogP contribution in [-0.4, -0.2) is 55.9 Å². The molecule has 0 aliphatic heterocycles. The van der Waals surface area contributed by atoms with Crippen LogP contribution in [0.15, 0.2) is 46.6 Å². The molecule has 12 nitrogen and oxygen atoms in total. The highest BCUT2D eigenvalue weighted by Crippen LogP contribution is 2.68. The number of alkyl halides is 8. The number of hydrogen-bond donors (Lipinski definition) is 2. The van der Waals surface area contributed by atoms with Gasteiger partial charge in [0.15, 0.2) is 11.5 Å². The Hall–Kier alpha value is -5.23. The van der Waals surface area contributed by atoms with Crippen LogP contribution < -0.4 is 15.6 Å². The molecule has 1 amide bonds. The van der Waals surface area contributed by atoms with E-state index in [2.05, 4.69) is 20.5 Å². The Labute approximate surface area is 332 Å². The van der Waals surface area contributed by atoms with Crippen molar-refractivity contribution in [2.75, 3.05) is 11.0 Å². The molecular weight excluding hydrogens is 874 g/mol. The van der Waals surface area contributed by atoms with Crippen LogP contribution in [0.1, 0.15) is 46.7 Å². The minimum absolute atomic E-state index is 0.0158. The molecule has 25 heteroatoms. The number of hydrogen-bond acceptors (Lipinski definition) is 8. The number of anilines is 1. The quantitative estimate of drug-likeness (QED) is 0.139. The largest absolute Gasteiger partial charge is 0.435 e. The van der Waals surface area contributed by atoms with Crippen molar-refractivity contribution >= 4 is 65.8 Å². The summed E-state index contributed by atoms with van der Waals surface area (Å²) in [5.74, 6) is -11.1. The maximum absolute atomic E-state index is 15.4. The molecule has 1 fully saturated rings. The van der Waals surface area contributed by atoms with Crippen LogP contribution in [0.3, 0.4) is 0 Å². The highest BCUT2D eigenvalue weighted by atomic mass is 35.5. The molecule has 6 aromatic rings. The lowest BCUT2D eigenvalue weighted by Crippen LogP contribution is -2.38. The van der Waals surface area contributed by atoms with E-state index in [1.165, 1.54) is 11.4 Å². The standard InChI is InChI=1S/C34H23ClF10N8O4S2/c1-59(56,57)50-28-24-19(35)2-3-21(25(24)52(49-28)12-32(38,39)40)53-29(47-30-16(31(53)55)4-5-58-30)20(8-13-6-14(36)9-15(37)7-13)46-22(54)11-51-27-23(26(48-51)34(43,44)45)17-10-18(17)33(27,41)42/h2-7,9,17-18,20H,8,10-12H2,1H3,(H,46,54)(H,49,50)/t17-,18+,20-/m0/s1. The van der Waals surface area contributed by atoms with E-state index in [1.54, 1.807) is 0 Å². The van der Waals surface area contributed by atoms with Gasteiger partial charge in [-0.05, 0) is 53.6 Å². The number of benzene rings is 2. The maximum atomic E-state index is 15.4. The predicted molar refractivity (Wildman–Crippen MR) is 191 cm³/mol. The Morgan fingerprint density at radius 2 is 1.75 bits per heavy atom. The summed E-state index contributed by atoms with van der Waals surface area (Å²) < 4.78 is 172. The summed E-state index contributed by atoms with van der Waals surface area (Å²) in [6.07, 6.45) is -10.4. The molecule has 0 saturated heterocycles. The van der Waals surface area contributed by atoms with Gasteiger partial charge in [0.1, 0.15) is 41.1 Å². The van der Waals surface area contributed by atoms with Crippen molar-refractivity contribution in [1.29, 1.82) is 0 Å². The van der Waals surface area contributed by atoms with Gasteiger partial charge in [-0.15, -0.1) is 11.3 Å². The topological polar surface area (TPSA) is 146 Å². The van der Waals surface area contributed by atoms with Gasteiger partial charge >= 0.3 is 12.4 Å². The fraction of sp³-hybridized carbons (Fsp3) is 0.324. The highest BCUT2D eigenvalue weighted by molar-refractivity contribution is 7.92. The number of carbonyl (C=O) groups excluding carboxylic acids is 1. The van der Waals surface area contributed by atoms with Crippen molar-refractivity contribution in [3.8, 4) is 5.69 Å². The molecule has 0 unspecified atom stereocenters. The zero-order valence-electron chi connectivity index (χ0n) is 29.4. The van der Waals surface area contributed by atoms with E-state index in [0.29, 0.717) is 17.0 Å². The van der Waals surface area contributed by atoms with Gasteiger partial charge in [0.2, 0.25) is 15.9 Å². The summed E-state index contributed by atoms with van der Waals surface area (Å²) in [4.78, 5) is 32.8. The molecule has 59 heavy (non-hydrogen) atoms. The molecule has 0 bridgehead atoms. The summed E-state index contributed by atoms with van der Waals surface area (Å²) >= 11 is 7.30. The lowest BCUT2D eigenvalue weighted by Gasteiger charge is -2.24. The molecule has 2 N–H and O–H groups in total. The number of nitrogens with zero attached hydrogens (tertiary/aromatic N) is 6. The Balaban J connectivity index is 1.32. The molecule has 2 aliphatic rings. The van der Waals surface area contributed by atoms with Gasteiger partial charge in [-0.25, -0.2) is 22.2 Å². The number of fused-ring (bicyclic) bond motifs is 5. The molecule has 0 spiro atoms. The first kappa shape index (κ1) is 40.5. The SMILES string of the molecule is CS(=O)(=O)Nc1nn(CC(F)(F)F)c2c(-n3c([C@H](Cc4cc(F)cc(F)c4)NC(=O)Cn4nc(C(F)(F)F)c5c4C(F)(F)[C@@H]4C[C@H]54)nc4sccc4c3=O)ccc(Cl)c12. The monoisotopic (exact) mass is 896 g/mol. The number of thiophene rings is 1. The third-order valence-electron chi connectivity index (χ3n) is 9.70. The fourth-order valence-electron chi connectivity index (χ4n) is 7.51. The molecule has 2 aliphatic carbocycles. The van der Waals surface area contributed by atoms with Crippen LogP contribution in [0, 0.1) is 17.6 Å². The Kier molecular flexibility index (Phi) is 9.38. The third kappa shape index (κ3) is 7.38. The molecule has 1 saturated carbocycles. The minimum atomic E-state index is -5.17. The molecular formula is C34H23ClF10N8O4S2. The maximum Gasteiger partial charge on any atom is 0.435 e. The lowest BCUT2D eigenvalue weighted by atomic mass is 10.0. The van der Waals surface area contributed by atoms with E-state index >= 15 is 8.78 Å². The van der Waals surface area contributed by atoms with Gasteiger partial charge < -0.3 is 5.32 Å². The van der Waals surface area contributed by atoms with Gasteiger partial charge in [-0.2, -0.15) is 45.3 Å². The molecule has 2 aromatic carbocycles. The summed E-state index contributed by atoms with van der Waals surface area (Å²) in [5, 5.41) is 10.1. The first-order chi connectivity index (χ1) is 27.4. The summed E-state index contributed by atoms with van der Waals surface area (Å²) in [5.41, 5.74) is -5.67. The Bertz CT molecular complexity index is 2880. The van der Waals surface area contributed by atoms with Crippen molar-refractivity contribution in [3.63, 3.8) is 0 Å². The highest BCUT2D eigenvalue weighted by Gasteiger charge is 2.68. The average Bonchev–Trinajstić information content (AvgIpc) is 3.32. The van der Waals surface area contributed by atoms with Crippen LogP contribution in [0.5, 0.6) is 0 Å². The normalized spacial score (nSPS) is 18.0. The molecule has 4 aromatic heterocycles. The molecule has 0 radical (unpaired) electrons. The second-order valence-corrected chi connectivity index (χ2v) is 17.0. The number of rotatable bonds is 10. The second kappa shape index (κ2) is 13.7. The van der Waals surface area contributed by atoms with Crippen molar-refractivity contribution < 1.29 is 57.1 Å². The Morgan fingerprint density at radius 1 is 1.05 bits per heavy atom. The summed E-state index contributed by atoms with van der Waals surface area (Å²) in [6, 6.07) is 3.89. The van der Waals surface area contributed by atoms with Crippen molar-refractivity contribution in [2.45, 2.75) is 56.2 Å². The molecule has 4 heterocycles. The van der Waals surface area contributed by atoms with Crippen molar-refractivity contribution in [2.24, 2.45) is 5.92 Å². The van der Waals surface area contributed by atoms with Gasteiger partial charge in [0, 0.05) is 24.0 Å². The minimum Gasteiger partial charge on any atom is -0.344 e. The number of carbonyl (C=O) groups is 1. The summed E-state index contributed by atoms with van der Waals surface area (Å²) in [6.45, 7) is -3.11. The van der Waals surface area contributed by atoms with Crippen LogP contribution >= 0.6 is 22.9 Å². The second-order valence-electron chi connectivity index (χ2n) is 14.0. The molecule has 8 rings (SSSR count). The zero-order chi connectivity index (χ0) is 42.7. The zero-order valence-corrected chi connectivity index (χ0v) is 31.8. The van der Waals surface area contributed by atoms with Crippen molar-refractivity contribution in [3.05, 3.63) is 97.1 Å².